The molecule has 0 aromatic heterocycles. The van der Waals surface area contributed by atoms with Crippen molar-refractivity contribution >= 4 is 23.4 Å². The number of carbonyl (C=O) groups is 3. The summed E-state index contributed by atoms with van der Waals surface area (Å²) in [4.78, 5) is 43.5. The smallest absolute Gasteiger partial charge is 0.257 e. The summed E-state index contributed by atoms with van der Waals surface area (Å²) in [6.07, 6.45) is 1.08. The van der Waals surface area contributed by atoms with E-state index in [2.05, 4.69) is 4.90 Å². The first-order valence-electron chi connectivity index (χ1n) is 10.2. The van der Waals surface area contributed by atoms with Gasteiger partial charge in [0.1, 0.15) is 11.8 Å². The van der Waals surface area contributed by atoms with Gasteiger partial charge in [-0.05, 0) is 30.7 Å². The molecule has 2 aliphatic rings. The lowest BCUT2D eigenvalue weighted by molar-refractivity contribution is -0.138. The maximum absolute atomic E-state index is 13.1. The maximum Gasteiger partial charge on any atom is 0.257 e. The van der Waals surface area contributed by atoms with E-state index in [-0.39, 0.29) is 24.1 Å². The van der Waals surface area contributed by atoms with Gasteiger partial charge in [-0.1, -0.05) is 6.92 Å². The fourth-order valence-corrected chi connectivity index (χ4v) is 3.75. The third-order valence-corrected chi connectivity index (χ3v) is 5.37. The van der Waals surface area contributed by atoms with Gasteiger partial charge in [-0.15, -0.1) is 0 Å². The second-order valence-corrected chi connectivity index (χ2v) is 7.28. The third-order valence-electron chi connectivity index (χ3n) is 5.37. The largest absolute Gasteiger partial charge is 0.497 e. The lowest BCUT2D eigenvalue weighted by Crippen LogP contribution is -2.49. The lowest BCUT2D eigenvalue weighted by atomic mass is 10.1. The molecule has 2 heterocycles. The van der Waals surface area contributed by atoms with Crippen molar-refractivity contribution in [2.45, 2.75) is 32.2 Å². The van der Waals surface area contributed by atoms with E-state index in [0.717, 1.165) is 13.1 Å². The predicted octanol–water partition coefficient (Wildman–Crippen LogP) is 1.29. The molecular weight excluding hydrogens is 374 g/mol. The monoisotopic (exact) mass is 403 g/mol. The fourth-order valence-electron chi connectivity index (χ4n) is 3.75. The Morgan fingerprint density at radius 3 is 2.52 bits per heavy atom. The summed E-state index contributed by atoms with van der Waals surface area (Å²) in [6.45, 7) is 6.00. The summed E-state index contributed by atoms with van der Waals surface area (Å²) in [5.41, 5.74) is 0.499. The topological polar surface area (TPSA) is 79.4 Å². The van der Waals surface area contributed by atoms with Gasteiger partial charge in [0.05, 0.1) is 32.4 Å². The van der Waals surface area contributed by atoms with Crippen LogP contribution in [0, 0.1) is 0 Å². The van der Waals surface area contributed by atoms with Gasteiger partial charge >= 0.3 is 0 Å². The standard InChI is InChI=1S/C21H29N3O5/c1-3-4-19(25)23(10-9-22-11-13-29-14-12-22)18-15-20(26)24(21(18)27)16-5-7-17(28-2)8-6-16/h5-8,18H,3-4,9-15H2,1-2H3. The van der Waals surface area contributed by atoms with E-state index in [4.69, 9.17) is 9.47 Å². The van der Waals surface area contributed by atoms with Crippen LogP contribution < -0.4 is 9.64 Å². The van der Waals surface area contributed by atoms with E-state index in [1.807, 2.05) is 6.92 Å². The average Bonchev–Trinajstić information content (AvgIpc) is 3.03. The number of carbonyl (C=O) groups excluding carboxylic acids is 3. The number of hydrogen-bond acceptors (Lipinski definition) is 6. The lowest BCUT2D eigenvalue weighted by Gasteiger charge is -2.32. The van der Waals surface area contributed by atoms with Gasteiger partial charge in [0, 0.05) is 32.6 Å². The molecule has 158 valence electrons. The summed E-state index contributed by atoms with van der Waals surface area (Å²) in [7, 11) is 1.56. The van der Waals surface area contributed by atoms with Gasteiger partial charge in [-0.25, -0.2) is 4.90 Å². The normalized spacial score (nSPS) is 20.2. The minimum absolute atomic E-state index is 0.0173. The van der Waals surface area contributed by atoms with Crippen molar-refractivity contribution in [3.8, 4) is 5.75 Å². The SMILES string of the molecule is CCCC(=O)N(CCN1CCOCC1)C1CC(=O)N(c2ccc(OC)cc2)C1=O. The first-order chi connectivity index (χ1) is 14.0. The van der Waals surface area contributed by atoms with Crippen molar-refractivity contribution in [2.75, 3.05) is 51.4 Å². The molecule has 3 amide bonds. The van der Waals surface area contributed by atoms with Gasteiger partial charge in [0.2, 0.25) is 11.8 Å². The first kappa shape index (κ1) is 21.3. The van der Waals surface area contributed by atoms with Crippen LogP contribution in [0.4, 0.5) is 5.69 Å². The number of morpholine rings is 1. The number of hydrogen-bond donors (Lipinski definition) is 0. The molecule has 1 aromatic rings. The molecule has 0 bridgehead atoms. The van der Waals surface area contributed by atoms with Crippen LogP contribution in [-0.2, 0) is 19.1 Å². The zero-order valence-corrected chi connectivity index (χ0v) is 17.1. The van der Waals surface area contributed by atoms with Crippen LogP contribution in [0.2, 0.25) is 0 Å². The molecule has 0 saturated carbocycles. The number of imide groups is 1. The van der Waals surface area contributed by atoms with Crippen LogP contribution in [0.25, 0.3) is 0 Å². The number of rotatable bonds is 8. The van der Waals surface area contributed by atoms with Crippen molar-refractivity contribution in [3.05, 3.63) is 24.3 Å². The van der Waals surface area contributed by atoms with Gasteiger partial charge in [-0.3, -0.25) is 19.3 Å². The molecule has 0 N–H and O–H groups in total. The highest BCUT2D eigenvalue weighted by Gasteiger charge is 2.44. The molecule has 0 aliphatic carbocycles. The molecule has 29 heavy (non-hydrogen) atoms. The zero-order valence-electron chi connectivity index (χ0n) is 17.1. The minimum atomic E-state index is -0.746. The maximum atomic E-state index is 13.1. The van der Waals surface area contributed by atoms with Crippen molar-refractivity contribution < 1.29 is 23.9 Å². The summed E-state index contributed by atoms with van der Waals surface area (Å²) < 4.78 is 10.5. The Labute approximate surface area is 171 Å². The van der Waals surface area contributed by atoms with Crippen LogP contribution in [0.5, 0.6) is 5.75 Å². The second-order valence-electron chi connectivity index (χ2n) is 7.28. The summed E-state index contributed by atoms with van der Waals surface area (Å²) >= 11 is 0. The third kappa shape index (κ3) is 4.94. The van der Waals surface area contributed by atoms with E-state index in [1.165, 1.54) is 4.90 Å². The summed E-state index contributed by atoms with van der Waals surface area (Å²) in [6, 6.07) is 6.04. The molecule has 8 heteroatoms. The number of methoxy groups -OCH3 is 1. The Kier molecular flexibility index (Phi) is 7.22. The highest BCUT2D eigenvalue weighted by atomic mass is 16.5. The Morgan fingerprint density at radius 2 is 1.90 bits per heavy atom. The van der Waals surface area contributed by atoms with E-state index >= 15 is 0 Å². The Balaban J connectivity index is 1.74. The Bertz CT molecular complexity index is 730. The number of nitrogens with zero attached hydrogens (tertiary/aromatic N) is 3. The highest BCUT2D eigenvalue weighted by Crippen LogP contribution is 2.27. The molecule has 0 spiro atoms. The van der Waals surface area contributed by atoms with E-state index in [0.29, 0.717) is 50.6 Å². The molecule has 3 rings (SSSR count). The van der Waals surface area contributed by atoms with E-state index in [1.54, 1.807) is 36.3 Å². The molecule has 1 aromatic carbocycles. The number of ether oxygens (including phenoxy) is 2. The summed E-state index contributed by atoms with van der Waals surface area (Å²) in [5.74, 6) is -0.0596. The first-order valence-corrected chi connectivity index (χ1v) is 10.2. The van der Waals surface area contributed by atoms with Crippen LogP contribution in [0.1, 0.15) is 26.2 Å². The van der Waals surface area contributed by atoms with Gasteiger partial charge in [-0.2, -0.15) is 0 Å². The molecule has 2 saturated heterocycles. The van der Waals surface area contributed by atoms with Crippen LogP contribution in [0.15, 0.2) is 24.3 Å². The quantitative estimate of drug-likeness (QED) is 0.609. The predicted molar refractivity (Wildman–Crippen MR) is 108 cm³/mol. The number of anilines is 1. The zero-order chi connectivity index (χ0) is 20.8. The molecule has 1 atom stereocenters. The summed E-state index contributed by atoms with van der Waals surface area (Å²) in [5, 5.41) is 0. The Morgan fingerprint density at radius 1 is 1.21 bits per heavy atom. The second kappa shape index (κ2) is 9.84. The average molecular weight is 403 g/mol. The van der Waals surface area contributed by atoms with Gasteiger partial charge in [0.15, 0.2) is 0 Å². The number of benzene rings is 1. The van der Waals surface area contributed by atoms with Gasteiger partial charge in [0.25, 0.3) is 5.91 Å². The highest BCUT2D eigenvalue weighted by molar-refractivity contribution is 6.23. The van der Waals surface area contributed by atoms with Crippen LogP contribution >= 0.6 is 0 Å². The van der Waals surface area contributed by atoms with Crippen molar-refractivity contribution in [1.29, 1.82) is 0 Å². The van der Waals surface area contributed by atoms with E-state index < -0.39 is 6.04 Å². The minimum Gasteiger partial charge on any atom is -0.497 e. The molecule has 0 radical (unpaired) electrons. The molecular formula is C21H29N3O5. The molecule has 8 nitrogen and oxygen atoms in total. The fraction of sp³-hybridized carbons (Fsp3) is 0.571. The molecule has 2 fully saturated rings. The van der Waals surface area contributed by atoms with Gasteiger partial charge < -0.3 is 14.4 Å². The Hall–Kier alpha value is -2.45. The van der Waals surface area contributed by atoms with Crippen molar-refractivity contribution in [1.82, 2.24) is 9.80 Å². The van der Waals surface area contributed by atoms with Crippen molar-refractivity contribution in [3.63, 3.8) is 0 Å². The van der Waals surface area contributed by atoms with E-state index in [9.17, 15) is 14.4 Å². The molecule has 1 unspecified atom stereocenters. The molecule has 2 aliphatic heterocycles. The van der Waals surface area contributed by atoms with Crippen LogP contribution in [-0.4, -0.2) is 80.1 Å². The van der Waals surface area contributed by atoms with Crippen LogP contribution in [0.3, 0.4) is 0 Å². The number of amides is 3. The van der Waals surface area contributed by atoms with Crippen molar-refractivity contribution in [2.24, 2.45) is 0 Å².